The second kappa shape index (κ2) is 3.58. The van der Waals surface area contributed by atoms with Crippen LogP contribution in [0.1, 0.15) is 31.8 Å². The van der Waals surface area contributed by atoms with Crippen LogP contribution in [0, 0.1) is 0 Å². The van der Waals surface area contributed by atoms with Gasteiger partial charge in [-0.2, -0.15) is 0 Å². The number of anilines is 2. The molecule has 0 aromatic heterocycles. The van der Waals surface area contributed by atoms with E-state index in [0.29, 0.717) is 0 Å². The molecule has 2 aromatic carbocycles. The van der Waals surface area contributed by atoms with Gasteiger partial charge in [-0.3, -0.25) is 9.59 Å². The molecule has 0 saturated heterocycles. The number of fused-ring (bicyclic) bond motifs is 2. The first-order valence-electron chi connectivity index (χ1n) is 5.61. The number of rotatable bonds is 0. The number of carbonyl (C=O) groups is 2. The van der Waals surface area contributed by atoms with Crippen molar-refractivity contribution >= 4 is 22.9 Å². The zero-order chi connectivity index (χ0) is 13.7. The summed E-state index contributed by atoms with van der Waals surface area (Å²) in [5.74, 6) is -0.908. The second-order valence-corrected chi connectivity index (χ2v) is 4.38. The Kier molecular flexibility index (Phi) is 2.13. The number of hydrogen-bond acceptors (Lipinski definition) is 5. The van der Waals surface area contributed by atoms with Gasteiger partial charge in [-0.15, -0.1) is 0 Å². The molecule has 3 rings (SSSR count). The summed E-state index contributed by atoms with van der Waals surface area (Å²) in [5, 5.41) is 9.57. The number of phenols is 1. The largest absolute Gasteiger partial charge is 0.506 e. The van der Waals surface area contributed by atoms with E-state index in [-0.39, 0.29) is 50.9 Å². The first-order valence-corrected chi connectivity index (χ1v) is 5.61. The van der Waals surface area contributed by atoms with Crippen LogP contribution in [-0.4, -0.2) is 16.7 Å². The summed E-state index contributed by atoms with van der Waals surface area (Å²) in [7, 11) is 0. The summed E-state index contributed by atoms with van der Waals surface area (Å²) in [5.41, 5.74) is 12.4. The van der Waals surface area contributed by atoms with Crippen LogP contribution in [0.4, 0.5) is 11.4 Å². The fourth-order valence-corrected chi connectivity index (χ4v) is 2.27. The quantitative estimate of drug-likeness (QED) is 0.414. The van der Waals surface area contributed by atoms with Gasteiger partial charge in [0.2, 0.25) is 0 Å². The Morgan fingerprint density at radius 2 is 1.53 bits per heavy atom. The molecule has 0 heterocycles. The topological polar surface area (TPSA) is 106 Å². The summed E-state index contributed by atoms with van der Waals surface area (Å²) >= 11 is 0. The van der Waals surface area contributed by atoms with Gasteiger partial charge >= 0.3 is 0 Å². The molecule has 0 amide bonds. The Hall–Kier alpha value is -2.82. The lowest BCUT2D eigenvalue weighted by atomic mass is 9.83. The van der Waals surface area contributed by atoms with Gasteiger partial charge in [0.05, 0.1) is 11.3 Å². The lowest BCUT2D eigenvalue weighted by molar-refractivity contribution is 0.0979. The maximum absolute atomic E-state index is 12.4. The van der Waals surface area contributed by atoms with Gasteiger partial charge in [-0.1, -0.05) is 12.1 Å². The lowest BCUT2D eigenvalue weighted by Gasteiger charge is -2.19. The summed E-state index contributed by atoms with van der Waals surface area (Å²) in [6.45, 7) is 0. The third-order valence-electron chi connectivity index (χ3n) is 3.22. The number of benzene rings is 2. The van der Waals surface area contributed by atoms with Crippen LogP contribution in [0.15, 0.2) is 30.3 Å². The second-order valence-electron chi connectivity index (χ2n) is 4.38. The van der Waals surface area contributed by atoms with Crippen molar-refractivity contribution < 1.29 is 14.7 Å². The lowest BCUT2D eigenvalue weighted by Crippen LogP contribution is -2.22. The molecule has 0 saturated carbocycles. The molecule has 0 atom stereocenters. The fourth-order valence-electron chi connectivity index (χ4n) is 2.27. The zero-order valence-corrected chi connectivity index (χ0v) is 9.81. The fraction of sp³-hybridized carbons (Fsp3) is 0. The smallest absolute Gasteiger partial charge is 0.196 e. The minimum absolute atomic E-state index is 0.0536. The Morgan fingerprint density at radius 1 is 0.842 bits per heavy atom. The zero-order valence-electron chi connectivity index (χ0n) is 9.81. The number of hydrogen-bond donors (Lipinski definition) is 3. The van der Waals surface area contributed by atoms with Gasteiger partial charge in [-0.25, -0.2) is 0 Å². The molecule has 94 valence electrons. The number of nitrogens with two attached hydrogens (primary N) is 2. The average Bonchev–Trinajstić information content (AvgIpc) is 2.38. The molecule has 0 aliphatic heterocycles. The summed E-state index contributed by atoms with van der Waals surface area (Å²) in [6.07, 6.45) is 0. The van der Waals surface area contributed by atoms with Crippen LogP contribution in [0.2, 0.25) is 0 Å². The highest BCUT2D eigenvalue weighted by molar-refractivity contribution is 6.30. The number of nitrogen functional groups attached to an aromatic ring is 2. The maximum atomic E-state index is 12.4. The number of ketones is 2. The average molecular weight is 254 g/mol. The highest BCUT2D eigenvalue weighted by Gasteiger charge is 2.31. The van der Waals surface area contributed by atoms with Gasteiger partial charge in [0.1, 0.15) is 5.75 Å². The Morgan fingerprint density at radius 3 is 2.26 bits per heavy atom. The minimum atomic E-state index is -0.352. The van der Waals surface area contributed by atoms with E-state index in [2.05, 4.69) is 0 Å². The molecule has 0 radical (unpaired) electrons. The van der Waals surface area contributed by atoms with Gasteiger partial charge in [0, 0.05) is 22.4 Å². The third-order valence-corrected chi connectivity index (χ3v) is 3.22. The van der Waals surface area contributed by atoms with E-state index in [1.54, 1.807) is 18.2 Å². The van der Waals surface area contributed by atoms with Crippen LogP contribution in [0.25, 0.3) is 0 Å². The normalized spacial score (nSPS) is 13.1. The molecular formula is C14H10N2O3. The highest BCUT2D eigenvalue weighted by Crippen LogP contribution is 2.34. The first-order chi connectivity index (χ1) is 9.00. The molecule has 2 aromatic rings. The summed E-state index contributed by atoms with van der Waals surface area (Å²) in [6, 6.07) is 7.25. The Bertz CT molecular complexity index is 751. The van der Waals surface area contributed by atoms with E-state index >= 15 is 0 Å². The molecule has 0 spiro atoms. The molecule has 0 bridgehead atoms. The van der Waals surface area contributed by atoms with Crippen LogP contribution in [0.5, 0.6) is 5.75 Å². The molecule has 0 fully saturated rings. The predicted molar refractivity (Wildman–Crippen MR) is 70.2 cm³/mol. The van der Waals surface area contributed by atoms with Gasteiger partial charge < -0.3 is 16.6 Å². The van der Waals surface area contributed by atoms with E-state index in [0.717, 1.165) is 0 Å². The molecule has 19 heavy (non-hydrogen) atoms. The van der Waals surface area contributed by atoms with Crippen molar-refractivity contribution in [2.75, 3.05) is 11.5 Å². The Balaban J connectivity index is 2.36. The van der Waals surface area contributed by atoms with Crippen LogP contribution in [0.3, 0.4) is 0 Å². The van der Waals surface area contributed by atoms with E-state index in [4.69, 9.17) is 11.5 Å². The van der Waals surface area contributed by atoms with Gasteiger partial charge in [0.25, 0.3) is 0 Å². The summed E-state index contributed by atoms with van der Waals surface area (Å²) in [4.78, 5) is 24.7. The number of carbonyl (C=O) groups excluding carboxylic acids is 2. The van der Waals surface area contributed by atoms with Crippen LogP contribution < -0.4 is 11.5 Å². The maximum Gasteiger partial charge on any atom is 0.196 e. The van der Waals surface area contributed by atoms with Crippen molar-refractivity contribution in [3.63, 3.8) is 0 Å². The summed E-state index contributed by atoms with van der Waals surface area (Å²) < 4.78 is 0. The van der Waals surface area contributed by atoms with Crippen molar-refractivity contribution in [2.24, 2.45) is 0 Å². The monoisotopic (exact) mass is 254 g/mol. The molecular weight excluding hydrogens is 244 g/mol. The SMILES string of the molecule is Nc1cc2c(cc1O)C(=O)c1cccc(N)c1C2=O. The van der Waals surface area contributed by atoms with E-state index in [1.165, 1.54) is 12.1 Å². The van der Waals surface area contributed by atoms with Crippen molar-refractivity contribution in [2.45, 2.75) is 0 Å². The standard InChI is InChI=1S/C14H10N2O3/c15-9-3-1-2-6-12(9)14(19)7-4-10(16)11(17)5-8(7)13(6)18/h1-5,17H,15-16H2. The van der Waals surface area contributed by atoms with E-state index in [1.807, 2.05) is 0 Å². The van der Waals surface area contributed by atoms with Gasteiger partial charge in [0.15, 0.2) is 11.6 Å². The molecule has 1 aliphatic rings. The minimum Gasteiger partial charge on any atom is -0.506 e. The van der Waals surface area contributed by atoms with Crippen LogP contribution in [-0.2, 0) is 0 Å². The predicted octanol–water partition coefficient (Wildman–Crippen LogP) is 1.33. The van der Waals surface area contributed by atoms with Crippen molar-refractivity contribution in [3.8, 4) is 5.75 Å². The molecule has 5 N–H and O–H groups in total. The molecule has 1 aliphatic carbocycles. The van der Waals surface area contributed by atoms with Crippen molar-refractivity contribution in [1.82, 2.24) is 0 Å². The van der Waals surface area contributed by atoms with Crippen molar-refractivity contribution in [3.05, 3.63) is 52.6 Å². The third kappa shape index (κ3) is 1.41. The first kappa shape index (κ1) is 11.3. The van der Waals surface area contributed by atoms with Gasteiger partial charge in [-0.05, 0) is 18.2 Å². The van der Waals surface area contributed by atoms with E-state index in [9.17, 15) is 14.7 Å². The highest BCUT2D eigenvalue weighted by atomic mass is 16.3. The van der Waals surface area contributed by atoms with Crippen LogP contribution >= 0.6 is 0 Å². The molecule has 0 unspecified atom stereocenters. The van der Waals surface area contributed by atoms with E-state index < -0.39 is 0 Å². The molecule has 5 heteroatoms. The Labute approximate surface area is 108 Å². The molecule has 5 nitrogen and oxygen atoms in total. The van der Waals surface area contributed by atoms with Crippen molar-refractivity contribution in [1.29, 1.82) is 0 Å². The number of aromatic hydroxyl groups is 1. The number of phenolic OH excluding ortho intramolecular Hbond substituents is 1.